The second-order valence-electron chi connectivity index (χ2n) is 6.65. The van der Waals surface area contributed by atoms with Crippen molar-refractivity contribution >= 4 is 34.8 Å². The zero-order valence-electron chi connectivity index (χ0n) is 16.9. The Morgan fingerprint density at radius 2 is 1.90 bits per heavy atom. The predicted molar refractivity (Wildman–Crippen MR) is 119 cm³/mol. The van der Waals surface area contributed by atoms with Gasteiger partial charge in [0.05, 0.1) is 18.6 Å². The van der Waals surface area contributed by atoms with Gasteiger partial charge in [0, 0.05) is 16.8 Å². The van der Waals surface area contributed by atoms with Crippen LogP contribution in [0.25, 0.3) is 16.9 Å². The third-order valence-electron chi connectivity index (χ3n) is 4.50. The molecule has 0 fully saturated rings. The lowest BCUT2D eigenvalue weighted by molar-refractivity contribution is -0.113. The van der Waals surface area contributed by atoms with E-state index in [9.17, 15) is 9.59 Å². The highest BCUT2D eigenvalue weighted by molar-refractivity contribution is 7.99. The largest absolute Gasteiger partial charge is 0.496 e. The summed E-state index contributed by atoms with van der Waals surface area (Å²) in [5.74, 6) is 0.551. The molecule has 0 atom stereocenters. The molecule has 4 rings (SSSR count). The fraction of sp³-hybridized carbons (Fsp3) is 0.136. The molecule has 0 spiro atoms. The molecule has 9 heteroatoms. The van der Waals surface area contributed by atoms with Crippen LogP contribution in [0.4, 0.5) is 5.69 Å². The number of ketones is 1. The van der Waals surface area contributed by atoms with Crippen LogP contribution in [0.3, 0.4) is 0 Å². The number of hydrogen-bond acceptors (Lipinski definition) is 7. The van der Waals surface area contributed by atoms with Gasteiger partial charge in [0.2, 0.25) is 11.1 Å². The average Bonchev–Trinajstić information content (AvgIpc) is 3.20. The van der Waals surface area contributed by atoms with Crippen LogP contribution < -0.4 is 10.1 Å². The average molecular weight is 433 g/mol. The molecule has 2 heterocycles. The third-order valence-corrected chi connectivity index (χ3v) is 5.42. The monoisotopic (exact) mass is 433 g/mol. The van der Waals surface area contributed by atoms with Crippen LogP contribution in [0.5, 0.6) is 5.75 Å². The van der Waals surface area contributed by atoms with Crippen molar-refractivity contribution in [3.8, 4) is 17.0 Å². The van der Waals surface area contributed by atoms with E-state index in [2.05, 4.69) is 20.6 Å². The van der Waals surface area contributed by atoms with Crippen molar-refractivity contribution in [2.45, 2.75) is 12.1 Å². The van der Waals surface area contributed by atoms with E-state index in [1.54, 1.807) is 35.9 Å². The first-order chi connectivity index (χ1) is 15.0. The second kappa shape index (κ2) is 8.97. The molecule has 0 aliphatic rings. The molecule has 2 aromatic heterocycles. The standard InChI is InChI=1S/C22H19N5O3S/c1-14(28)15-6-5-7-16(12-15)23-21(29)13-31-22-25-24-20-11-10-18(26-27(20)22)17-8-3-4-9-19(17)30-2/h3-12H,13H2,1-2H3,(H,23,29). The van der Waals surface area contributed by atoms with Crippen LogP contribution in [-0.4, -0.2) is 44.4 Å². The molecule has 156 valence electrons. The molecule has 0 radical (unpaired) electrons. The van der Waals surface area contributed by atoms with Crippen molar-refractivity contribution in [1.29, 1.82) is 0 Å². The maximum Gasteiger partial charge on any atom is 0.234 e. The minimum Gasteiger partial charge on any atom is -0.496 e. The number of Topliss-reactive ketones (excluding diaryl/α,β-unsaturated/α-hetero) is 1. The number of carbonyl (C=O) groups is 2. The lowest BCUT2D eigenvalue weighted by Gasteiger charge is -2.08. The number of nitrogens with zero attached hydrogens (tertiary/aromatic N) is 4. The lowest BCUT2D eigenvalue weighted by Crippen LogP contribution is -2.14. The summed E-state index contributed by atoms with van der Waals surface area (Å²) in [5, 5.41) is 16.2. The Morgan fingerprint density at radius 1 is 1.06 bits per heavy atom. The quantitative estimate of drug-likeness (QED) is 0.350. The number of fused-ring (bicyclic) bond motifs is 1. The Kier molecular flexibility index (Phi) is 5.94. The molecule has 31 heavy (non-hydrogen) atoms. The Morgan fingerprint density at radius 3 is 2.71 bits per heavy atom. The highest BCUT2D eigenvalue weighted by Gasteiger charge is 2.13. The normalized spacial score (nSPS) is 10.8. The Labute approximate surface area is 182 Å². The molecule has 8 nitrogen and oxygen atoms in total. The smallest absolute Gasteiger partial charge is 0.234 e. The van der Waals surface area contributed by atoms with Gasteiger partial charge < -0.3 is 10.1 Å². The van der Waals surface area contributed by atoms with E-state index >= 15 is 0 Å². The van der Waals surface area contributed by atoms with Crippen LogP contribution in [0.15, 0.2) is 65.8 Å². The molecular formula is C22H19N5O3S. The lowest BCUT2D eigenvalue weighted by atomic mass is 10.1. The summed E-state index contributed by atoms with van der Waals surface area (Å²) in [7, 11) is 1.61. The first-order valence-electron chi connectivity index (χ1n) is 9.44. The van der Waals surface area contributed by atoms with Crippen molar-refractivity contribution in [3.05, 3.63) is 66.2 Å². The highest BCUT2D eigenvalue weighted by Crippen LogP contribution is 2.28. The predicted octanol–water partition coefficient (Wildman–Crippen LogP) is 3.73. The number of thioether (sulfide) groups is 1. The van der Waals surface area contributed by atoms with E-state index in [1.807, 2.05) is 36.4 Å². The number of rotatable bonds is 7. The molecule has 0 saturated heterocycles. The first kappa shape index (κ1) is 20.5. The van der Waals surface area contributed by atoms with Gasteiger partial charge in [-0.2, -0.15) is 9.61 Å². The van der Waals surface area contributed by atoms with Crippen LogP contribution in [0, 0.1) is 0 Å². The topological polar surface area (TPSA) is 98.5 Å². The number of hydrogen-bond donors (Lipinski definition) is 1. The minimum absolute atomic E-state index is 0.0580. The SMILES string of the molecule is COc1ccccc1-c1ccc2nnc(SCC(=O)Nc3cccc(C(C)=O)c3)n2n1. The number of aromatic nitrogens is 4. The Balaban J connectivity index is 1.50. The van der Waals surface area contributed by atoms with Gasteiger partial charge in [-0.15, -0.1) is 10.2 Å². The molecule has 1 N–H and O–H groups in total. The van der Waals surface area contributed by atoms with Gasteiger partial charge in [-0.3, -0.25) is 9.59 Å². The van der Waals surface area contributed by atoms with E-state index in [-0.39, 0.29) is 17.4 Å². The number of nitrogens with one attached hydrogen (secondary N) is 1. The number of benzene rings is 2. The van der Waals surface area contributed by atoms with Crippen LogP contribution in [-0.2, 0) is 4.79 Å². The summed E-state index contributed by atoms with van der Waals surface area (Å²) in [6, 6.07) is 18.1. The molecule has 0 saturated carbocycles. The number of methoxy groups -OCH3 is 1. The van der Waals surface area contributed by atoms with Gasteiger partial charge in [0.1, 0.15) is 5.75 Å². The molecule has 4 aromatic rings. The van der Waals surface area contributed by atoms with Gasteiger partial charge in [0.15, 0.2) is 11.4 Å². The summed E-state index contributed by atoms with van der Waals surface area (Å²) in [6.45, 7) is 1.49. The molecule has 0 aliphatic heterocycles. The summed E-state index contributed by atoms with van der Waals surface area (Å²) in [5.41, 5.74) is 3.25. The molecule has 0 aliphatic carbocycles. The number of ether oxygens (including phenoxy) is 1. The zero-order chi connectivity index (χ0) is 21.8. The van der Waals surface area contributed by atoms with Crippen molar-refractivity contribution in [1.82, 2.24) is 19.8 Å². The second-order valence-corrected chi connectivity index (χ2v) is 7.59. The molecule has 2 aromatic carbocycles. The molecule has 1 amide bonds. The van der Waals surface area contributed by atoms with Crippen LogP contribution >= 0.6 is 11.8 Å². The number of amides is 1. The van der Waals surface area contributed by atoms with E-state index < -0.39 is 0 Å². The fourth-order valence-electron chi connectivity index (χ4n) is 3.00. The van der Waals surface area contributed by atoms with Crippen molar-refractivity contribution < 1.29 is 14.3 Å². The van der Waals surface area contributed by atoms with Gasteiger partial charge in [0.25, 0.3) is 0 Å². The summed E-state index contributed by atoms with van der Waals surface area (Å²) in [6.07, 6.45) is 0. The number of anilines is 1. The summed E-state index contributed by atoms with van der Waals surface area (Å²) in [4.78, 5) is 23.9. The summed E-state index contributed by atoms with van der Waals surface area (Å²) >= 11 is 1.22. The molecule has 0 bridgehead atoms. The fourth-order valence-corrected chi connectivity index (χ4v) is 3.69. The van der Waals surface area contributed by atoms with Gasteiger partial charge in [-0.1, -0.05) is 36.0 Å². The molecular weight excluding hydrogens is 414 g/mol. The Bertz CT molecular complexity index is 1270. The molecule has 0 unspecified atom stereocenters. The summed E-state index contributed by atoms with van der Waals surface area (Å²) < 4.78 is 7.03. The maximum atomic E-state index is 12.4. The zero-order valence-corrected chi connectivity index (χ0v) is 17.7. The van der Waals surface area contributed by atoms with Crippen molar-refractivity contribution in [2.24, 2.45) is 0 Å². The van der Waals surface area contributed by atoms with E-state index in [0.717, 1.165) is 5.56 Å². The van der Waals surface area contributed by atoms with E-state index in [0.29, 0.717) is 33.5 Å². The minimum atomic E-state index is -0.219. The van der Waals surface area contributed by atoms with Gasteiger partial charge >= 0.3 is 0 Å². The van der Waals surface area contributed by atoms with E-state index in [4.69, 9.17) is 4.74 Å². The highest BCUT2D eigenvalue weighted by atomic mass is 32.2. The number of para-hydroxylation sites is 1. The first-order valence-corrected chi connectivity index (χ1v) is 10.4. The third kappa shape index (κ3) is 4.56. The van der Waals surface area contributed by atoms with Crippen LogP contribution in [0.1, 0.15) is 17.3 Å². The van der Waals surface area contributed by atoms with E-state index in [1.165, 1.54) is 18.7 Å². The van der Waals surface area contributed by atoms with Crippen molar-refractivity contribution in [2.75, 3.05) is 18.2 Å². The van der Waals surface area contributed by atoms with Gasteiger partial charge in [-0.25, -0.2) is 0 Å². The van der Waals surface area contributed by atoms with Gasteiger partial charge in [-0.05, 0) is 43.3 Å². The maximum absolute atomic E-state index is 12.4. The number of carbonyl (C=O) groups excluding carboxylic acids is 2. The van der Waals surface area contributed by atoms with Crippen molar-refractivity contribution in [3.63, 3.8) is 0 Å². The Hall–Kier alpha value is -3.72. The van der Waals surface area contributed by atoms with Crippen LogP contribution in [0.2, 0.25) is 0 Å².